The van der Waals surface area contributed by atoms with Crippen LogP contribution in [0, 0.1) is 11.8 Å². The van der Waals surface area contributed by atoms with E-state index in [2.05, 4.69) is 6.92 Å². The Hall–Kier alpha value is -1.98. The lowest BCUT2D eigenvalue weighted by molar-refractivity contribution is -0.145. The summed E-state index contributed by atoms with van der Waals surface area (Å²) in [5.74, 6) is -0.418. The highest BCUT2D eigenvalue weighted by molar-refractivity contribution is 5.84. The summed E-state index contributed by atoms with van der Waals surface area (Å²) in [7, 11) is 0. The molecule has 0 radical (unpaired) electrons. The maximum absolute atomic E-state index is 12.3. The topological polar surface area (TPSA) is 83.8 Å². The van der Waals surface area contributed by atoms with Gasteiger partial charge in [-0.2, -0.15) is 0 Å². The molecule has 1 aromatic rings. The van der Waals surface area contributed by atoms with Crippen LogP contribution in [0.1, 0.15) is 83.1 Å². The maximum atomic E-state index is 12.3. The van der Waals surface area contributed by atoms with Crippen LogP contribution in [0.25, 0.3) is 0 Å². The second-order valence-corrected chi connectivity index (χ2v) is 8.97. The fourth-order valence-electron chi connectivity index (χ4n) is 4.35. The molecule has 0 heterocycles. The fourth-order valence-corrected chi connectivity index (χ4v) is 4.35. The van der Waals surface area contributed by atoms with Crippen LogP contribution < -0.4 is 0 Å². The van der Waals surface area contributed by atoms with Crippen molar-refractivity contribution in [2.45, 2.75) is 96.4 Å². The third-order valence-electron chi connectivity index (χ3n) is 6.28. The summed E-state index contributed by atoms with van der Waals surface area (Å²) in [5, 5.41) is 20.4. The molecule has 1 saturated carbocycles. The van der Waals surface area contributed by atoms with Gasteiger partial charge in [-0.25, -0.2) is 0 Å². The van der Waals surface area contributed by atoms with Crippen LogP contribution >= 0.6 is 0 Å². The van der Waals surface area contributed by atoms with E-state index in [0.717, 1.165) is 63.4 Å². The maximum Gasteiger partial charge on any atom is 0.306 e. The molecule has 0 saturated heterocycles. The number of carbonyl (C=O) groups is 2. The van der Waals surface area contributed by atoms with Crippen molar-refractivity contribution in [2.24, 2.45) is 11.8 Å². The molecule has 5 nitrogen and oxygen atoms in total. The Morgan fingerprint density at radius 1 is 1.12 bits per heavy atom. The van der Waals surface area contributed by atoms with E-state index < -0.39 is 12.2 Å². The van der Waals surface area contributed by atoms with Crippen LogP contribution in [-0.4, -0.2) is 34.2 Å². The molecule has 5 heteroatoms. The summed E-state index contributed by atoms with van der Waals surface area (Å²) < 4.78 is 5.29. The van der Waals surface area contributed by atoms with E-state index in [1.54, 1.807) is 6.08 Å². The number of hydrogen-bond acceptors (Lipinski definition) is 5. The molecule has 0 aliphatic heterocycles. The second kappa shape index (κ2) is 15.0. The zero-order valence-corrected chi connectivity index (χ0v) is 19.5. The molecule has 0 bridgehead atoms. The minimum atomic E-state index is -0.647. The van der Waals surface area contributed by atoms with Crippen molar-refractivity contribution >= 4 is 11.8 Å². The Balaban J connectivity index is 1.62. The van der Waals surface area contributed by atoms with Crippen molar-refractivity contribution < 1.29 is 24.5 Å². The van der Waals surface area contributed by atoms with E-state index in [0.29, 0.717) is 13.0 Å². The lowest BCUT2D eigenvalue weighted by Crippen LogP contribution is -2.19. The highest BCUT2D eigenvalue weighted by Gasteiger charge is 2.39. The smallest absolute Gasteiger partial charge is 0.306 e. The SMILES string of the molecule is CCCCCC(O)/C=C/[C@H]1[C@H](O)CC(=O)[C@@H]1CCCCCCC(=O)OCc1ccccc1. The zero-order valence-electron chi connectivity index (χ0n) is 19.5. The van der Waals surface area contributed by atoms with Gasteiger partial charge < -0.3 is 14.9 Å². The Kier molecular flexibility index (Phi) is 12.3. The van der Waals surface area contributed by atoms with Crippen LogP contribution in [0.4, 0.5) is 0 Å². The van der Waals surface area contributed by atoms with Gasteiger partial charge in [0.05, 0.1) is 12.2 Å². The van der Waals surface area contributed by atoms with Crippen LogP contribution in [0.2, 0.25) is 0 Å². The molecule has 1 fully saturated rings. The van der Waals surface area contributed by atoms with E-state index in [1.807, 2.05) is 36.4 Å². The molecule has 0 amide bonds. The van der Waals surface area contributed by atoms with E-state index in [4.69, 9.17) is 4.74 Å². The van der Waals surface area contributed by atoms with Gasteiger partial charge >= 0.3 is 5.97 Å². The number of aliphatic hydroxyl groups is 2. The number of esters is 1. The van der Waals surface area contributed by atoms with Crippen molar-refractivity contribution in [2.75, 3.05) is 0 Å². The Labute approximate surface area is 192 Å². The number of benzene rings is 1. The van der Waals surface area contributed by atoms with E-state index in [9.17, 15) is 19.8 Å². The number of hydrogen-bond donors (Lipinski definition) is 2. The van der Waals surface area contributed by atoms with Gasteiger partial charge in [0, 0.05) is 24.7 Å². The van der Waals surface area contributed by atoms with Gasteiger partial charge in [0.15, 0.2) is 0 Å². The summed E-state index contributed by atoms with van der Waals surface area (Å²) in [5.41, 5.74) is 0.987. The largest absolute Gasteiger partial charge is 0.461 e. The van der Waals surface area contributed by atoms with Crippen molar-refractivity contribution in [1.29, 1.82) is 0 Å². The molecule has 1 aromatic carbocycles. The van der Waals surface area contributed by atoms with Crippen molar-refractivity contribution in [3.63, 3.8) is 0 Å². The van der Waals surface area contributed by atoms with Crippen molar-refractivity contribution in [3.05, 3.63) is 48.0 Å². The molecular formula is C27H40O5. The van der Waals surface area contributed by atoms with Gasteiger partial charge in [0.2, 0.25) is 0 Å². The number of unbranched alkanes of at least 4 members (excludes halogenated alkanes) is 5. The van der Waals surface area contributed by atoms with Gasteiger partial charge in [0.25, 0.3) is 0 Å². The highest BCUT2D eigenvalue weighted by atomic mass is 16.5. The van der Waals surface area contributed by atoms with Crippen molar-refractivity contribution in [3.8, 4) is 0 Å². The molecule has 0 aromatic heterocycles. The lowest BCUT2D eigenvalue weighted by Gasteiger charge is -2.18. The standard InChI is InChI=1S/C27H40O5/c1-2-3-7-14-22(28)17-18-24-23(25(29)19-26(24)30)15-10-4-5-11-16-27(31)32-20-21-12-8-6-9-13-21/h6,8-9,12-13,17-18,22-24,26,28,30H,2-5,7,10-11,14-16,19-20H2,1H3/b18-17+/t22?,23-,24-,26-/m1/s1. The van der Waals surface area contributed by atoms with E-state index >= 15 is 0 Å². The van der Waals surface area contributed by atoms with Crippen LogP contribution in [-0.2, 0) is 20.9 Å². The summed E-state index contributed by atoms with van der Waals surface area (Å²) in [6.45, 7) is 2.44. The molecule has 2 N–H and O–H groups in total. The predicted octanol–water partition coefficient (Wildman–Crippen LogP) is 5.13. The van der Waals surface area contributed by atoms with E-state index in [1.165, 1.54) is 0 Å². The molecule has 1 unspecified atom stereocenters. The molecule has 4 atom stereocenters. The third kappa shape index (κ3) is 9.66. The summed E-state index contributed by atoms with van der Waals surface area (Å²) in [4.78, 5) is 24.2. The van der Waals surface area contributed by atoms with Gasteiger partial charge in [-0.15, -0.1) is 0 Å². The van der Waals surface area contributed by atoms with Gasteiger partial charge in [-0.05, 0) is 24.8 Å². The van der Waals surface area contributed by atoms with Crippen LogP contribution in [0.5, 0.6) is 0 Å². The Morgan fingerprint density at radius 2 is 1.88 bits per heavy atom. The first-order valence-corrected chi connectivity index (χ1v) is 12.3. The first kappa shape index (κ1) is 26.3. The fraction of sp³-hybridized carbons (Fsp3) is 0.630. The number of ether oxygens (including phenoxy) is 1. The minimum Gasteiger partial charge on any atom is -0.461 e. The van der Waals surface area contributed by atoms with Crippen LogP contribution in [0.3, 0.4) is 0 Å². The second-order valence-electron chi connectivity index (χ2n) is 8.97. The predicted molar refractivity (Wildman–Crippen MR) is 126 cm³/mol. The Morgan fingerprint density at radius 3 is 2.62 bits per heavy atom. The van der Waals surface area contributed by atoms with Gasteiger partial charge in [0.1, 0.15) is 12.4 Å². The summed E-state index contributed by atoms with van der Waals surface area (Å²) in [6.07, 6.45) is 11.3. The normalized spacial score (nSPS) is 21.8. The zero-order chi connectivity index (χ0) is 23.2. The first-order valence-electron chi connectivity index (χ1n) is 12.3. The number of rotatable bonds is 15. The molecule has 32 heavy (non-hydrogen) atoms. The number of aliphatic hydroxyl groups excluding tert-OH is 2. The van der Waals surface area contributed by atoms with Crippen molar-refractivity contribution in [1.82, 2.24) is 0 Å². The molecular weight excluding hydrogens is 404 g/mol. The first-order chi connectivity index (χ1) is 15.5. The van der Waals surface area contributed by atoms with Crippen LogP contribution in [0.15, 0.2) is 42.5 Å². The average molecular weight is 445 g/mol. The molecule has 2 rings (SSSR count). The molecule has 178 valence electrons. The summed E-state index contributed by atoms with van der Waals surface area (Å²) in [6, 6.07) is 9.65. The minimum absolute atomic E-state index is 0.122. The molecule has 1 aliphatic carbocycles. The summed E-state index contributed by atoms with van der Waals surface area (Å²) >= 11 is 0. The molecule has 1 aliphatic rings. The average Bonchev–Trinajstić information content (AvgIpc) is 3.06. The Bertz CT molecular complexity index is 699. The monoisotopic (exact) mass is 444 g/mol. The van der Waals surface area contributed by atoms with Gasteiger partial charge in [-0.1, -0.05) is 87.9 Å². The highest BCUT2D eigenvalue weighted by Crippen LogP contribution is 2.34. The number of Topliss-reactive ketones (excluding diaryl/α,β-unsaturated/α-hetero) is 1. The lowest BCUT2D eigenvalue weighted by atomic mass is 9.88. The van der Waals surface area contributed by atoms with Gasteiger partial charge in [-0.3, -0.25) is 9.59 Å². The van der Waals surface area contributed by atoms with E-state index in [-0.39, 0.29) is 30.0 Å². The quantitative estimate of drug-likeness (QED) is 0.222. The number of ketones is 1. The molecule has 0 spiro atoms. The number of carbonyl (C=O) groups excluding carboxylic acids is 2. The third-order valence-corrected chi connectivity index (χ3v) is 6.28.